The number of nitrogens with zero attached hydrogens (tertiary/aromatic N) is 1. The molecular weight excluding hydrogens is 542 g/mol. The predicted molar refractivity (Wildman–Crippen MR) is 168 cm³/mol. The first-order valence-electron chi connectivity index (χ1n) is 14.7. The molecule has 0 aromatic heterocycles. The summed E-state index contributed by atoms with van der Waals surface area (Å²) in [6.45, 7) is 1.99. The van der Waals surface area contributed by atoms with E-state index in [4.69, 9.17) is 9.84 Å². The Morgan fingerprint density at radius 3 is 2.21 bits per heavy atom. The summed E-state index contributed by atoms with van der Waals surface area (Å²) in [5.74, 6) is 3.73. The Hall–Kier alpha value is -4.83. The van der Waals surface area contributed by atoms with Crippen molar-refractivity contribution in [1.82, 2.24) is 4.90 Å². The van der Waals surface area contributed by atoms with Gasteiger partial charge in [-0.3, -0.25) is 4.79 Å². The number of ether oxygens (including phenoxy) is 1. The van der Waals surface area contributed by atoms with E-state index in [9.17, 15) is 19.5 Å². The number of amides is 1. The molecule has 0 saturated heterocycles. The van der Waals surface area contributed by atoms with Crippen molar-refractivity contribution in [3.8, 4) is 17.6 Å². The van der Waals surface area contributed by atoms with Crippen LogP contribution in [0.3, 0.4) is 0 Å². The average Bonchev–Trinajstić information content (AvgIpc) is 3.01. The lowest BCUT2D eigenvalue weighted by atomic mass is 10.1. The highest BCUT2D eigenvalue weighted by Gasteiger charge is 2.17. The summed E-state index contributed by atoms with van der Waals surface area (Å²) in [5.41, 5.74) is 3.10. The van der Waals surface area contributed by atoms with Gasteiger partial charge in [0.1, 0.15) is 11.3 Å². The Kier molecular flexibility index (Phi) is 13.6. The van der Waals surface area contributed by atoms with Crippen molar-refractivity contribution in [3.63, 3.8) is 0 Å². The van der Waals surface area contributed by atoms with E-state index in [1.165, 1.54) is 50.3 Å². The molecule has 0 aliphatic rings. The number of aromatic carboxylic acids is 1. The van der Waals surface area contributed by atoms with Crippen molar-refractivity contribution in [2.45, 2.75) is 65.0 Å². The van der Waals surface area contributed by atoms with E-state index < -0.39 is 18.5 Å². The molecule has 0 atom stereocenters. The molecule has 0 heterocycles. The van der Waals surface area contributed by atoms with Crippen LogP contribution in [0.25, 0.3) is 6.08 Å². The molecule has 0 aliphatic heterocycles. The van der Waals surface area contributed by atoms with Crippen LogP contribution in [-0.2, 0) is 22.7 Å². The van der Waals surface area contributed by atoms with E-state index >= 15 is 0 Å². The van der Waals surface area contributed by atoms with Crippen LogP contribution in [0, 0.1) is 11.8 Å². The highest BCUT2D eigenvalue weighted by atomic mass is 16.5. The van der Waals surface area contributed by atoms with Crippen LogP contribution in [0.2, 0.25) is 0 Å². The molecular formula is C36H39NO6. The number of carboxylic acid groups (broad SMARTS) is 2. The zero-order chi connectivity index (χ0) is 30.9. The Bertz CT molecular complexity index is 1430. The quantitative estimate of drug-likeness (QED) is 0.105. The summed E-state index contributed by atoms with van der Waals surface area (Å²) in [6.07, 6.45) is 11.5. The lowest BCUT2D eigenvalue weighted by molar-refractivity contribution is -0.139. The van der Waals surface area contributed by atoms with Crippen LogP contribution in [0.15, 0.2) is 78.9 Å². The third kappa shape index (κ3) is 11.9. The van der Waals surface area contributed by atoms with Gasteiger partial charge in [0.2, 0.25) is 5.91 Å². The fourth-order valence-electron chi connectivity index (χ4n) is 4.45. The second-order valence-corrected chi connectivity index (χ2v) is 10.3. The van der Waals surface area contributed by atoms with Crippen LogP contribution < -0.4 is 4.74 Å². The Balaban J connectivity index is 1.73. The van der Waals surface area contributed by atoms with Gasteiger partial charge < -0.3 is 19.8 Å². The molecule has 0 aliphatic carbocycles. The lowest BCUT2D eigenvalue weighted by Crippen LogP contribution is -2.28. The minimum Gasteiger partial charge on any atom is -0.481 e. The Labute approximate surface area is 253 Å². The molecule has 3 rings (SSSR count). The molecule has 0 fully saturated rings. The first-order chi connectivity index (χ1) is 20.9. The third-order valence-electron chi connectivity index (χ3n) is 6.74. The first-order valence-corrected chi connectivity index (χ1v) is 14.7. The van der Waals surface area contributed by atoms with Crippen LogP contribution in [-0.4, -0.2) is 39.6 Å². The molecule has 3 aromatic rings. The van der Waals surface area contributed by atoms with Gasteiger partial charge >= 0.3 is 11.9 Å². The smallest absolute Gasteiger partial charge is 0.341 e. The molecule has 1 amide bonds. The molecule has 7 nitrogen and oxygen atoms in total. The Morgan fingerprint density at radius 1 is 0.837 bits per heavy atom. The zero-order valence-electron chi connectivity index (χ0n) is 24.6. The van der Waals surface area contributed by atoms with Crippen LogP contribution in [0.4, 0.5) is 0 Å². The zero-order valence-corrected chi connectivity index (χ0v) is 24.6. The summed E-state index contributed by atoms with van der Waals surface area (Å²) in [6, 6.07) is 21.7. The minimum atomic E-state index is -1.25. The number of hydrogen-bond donors (Lipinski definition) is 2. The average molecular weight is 582 g/mol. The highest BCUT2D eigenvalue weighted by molar-refractivity contribution is 5.92. The second kappa shape index (κ2) is 17.9. The number of carboxylic acids is 2. The first kappa shape index (κ1) is 32.7. The molecule has 0 radical (unpaired) electrons. The summed E-state index contributed by atoms with van der Waals surface area (Å²) in [7, 11) is 0. The summed E-state index contributed by atoms with van der Waals surface area (Å²) >= 11 is 0. The van der Waals surface area contributed by atoms with Gasteiger partial charge in [-0.25, -0.2) is 9.59 Å². The van der Waals surface area contributed by atoms with Crippen molar-refractivity contribution in [2.75, 3.05) is 6.61 Å². The van der Waals surface area contributed by atoms with E-state index in [2.05, 4.69) is 18.8 Å². The standard InChI is InChI=1S/C36H39NO6/c1-2-3-4-5-6-7-8-10-15-29-16-18-30(19-17-29)25-37(34(38)23-21-28-13-11-9-12-14-28)26-31-20-22-33(43-27-35(39)40)32(24-31)36(41)42/h9,11-14,16-24H,2-8,25-27H2,1H3,(H,39,40)(H,41,42)/b23-21+. The molecule has 43 heavy (non-hydrogen) atoms. The summed E-state index contributed by atoms with van der Waals surface area (Å²) in [4.78, 5) is 37.7. The Morgan fingerprint density at radius 2 is 1.51 bits per heavy atom. The summed E-state index contributed by atoms with van der Waals surface area (Å²) < 4.78 is 5.14. The molecule has 3 aromatic carbocycles. The van der Waals surface area contributed by atoms with E-state index in [0.29, 0.717) is 12.1 Å². The number of rotatable bonds is 16. The largest absolute Gasteiger partial charge is 0.481 e. The number of hydrogen-bond acceptors (Lipinski definition) is 4. The molecule has 0 spiro atoms. The maximum absolute atomic E-state index is 13.4. The molecule has 0 unspecified atom stereocenters. The number of carbonyl (C=O) groups excluding carboxylic acids is 1. The molecule has 2 N–H and O–H groups in total. The van der Waals surface area contributed by atoms with Crippen molar-refractivity contribution >= 4 is 23.9 Å². The van der Waals surface area contributed by atoms with E-state index in [1.807, 2.05) is 54.6 Å². The highest BCUT2D eigenvalue weighted by Crippen LogP contribution is 2.22. The van der Waals surface area contributed by atoms with Crippen molar-refractivity contribution < 1.29 is 29.3 Å². The minimum absolute atomic E-state index is 0.0475. The van der Waals surface area contributed by atoms with Gasteiger partial charge in [0.25, 0.3) is 0 Å². The van der Waals surface area contributed by atoms with Gasteiger partial charge in [-0.1, -0.05) is 99.4 Å². The number of aliphatic carboxylic acids is 1. The SMILES string of the molecule is CCCCCCCCC#Cc1ccc(CN(Cc2ccc(OCC(=O)O)c(C(=O)O)c2)C(=O)/C=C/c2ccccc2)cc1. The van der Waals surface area contributed by atoms with Crippen LogP contribution in [0.1, 0.15) is 84.5 Å². The molecule has 0 saturated carbocycles. The van der Waals surface area contributed by atoms with Gasteiger partial charge in [0.15, 0.2) is 6.61 Å². The summed E-state index contributed by atoms with van der Waals surface area (Å²) in [5, 5.41) is 18.6. The van der Waals surface area contributed by atoms with E-state index in [1.54, 1.807) is 17.0 Å². The second-order valence-electron chi connectivity index (χ2n) is 10.3. The fraction of sp³-hybridized carbons (Fsp3) is 0.306. The van der Waals surface area contributed by atoms with Crippen LogP contribution >= 0.6 is 0 Å². The maximum atomic E-state index is 13.4. The molecule has 7 heteroatoms. The van der Waals surface area contributed by atoms with E-state index in [0.717, 1.165) is 29.5 Å². The third-order valence-corrected chi connectivity index (χ3v) is 6.74. The maximum Gasteiger partial charge on any atom is 0.341 e. The van der Waals surface area contributed by atoms with Gasteiger partial charge in [-0.2, -0.15) is 0 Å². The molecule has 0 bridgehead atoms. The van der Waals surface area contributed by atoms with Gasteiger partial charge in [-0.05, 0) is 53.5 Å². The monoisotopic (exact) mass is 581 g/mol. The van der Waals surface area contributed by atoms with Crippen molar-refractivity contribution in [2.24, 2.45) is 0 Å². The predicted octanol–water partition coefficient (Wildman–Crippen LogP) is 7.19. The fourth-order valence-corrected chi connectivity index (χ4v) is 4.45. The number of carbonyl (C=O) groups is 3. The van der Waals surface area contributed by atoms with Gasteiger partial charge in [0, 0.05) is 31.1 Å². The molecule has 224 valence electrons. The van der Waals surface area contributed by atoms with Gasteiger partial charge in [0.05, 0.1) is 0 Å². The van der Waals surface area contributed by atoms with Crippen LogP contribution in [0.5, 0.6) is 5.75 Å². The van der Waals surface area contributed by atoms with Crippen molar-refractivity contribution in [1.29, 1.82) is 0 Å². The van der Waals surface area contributed by atoms with E-state index in [-0.39, 0.29) is 23.8 Å². The topological polar surface area (TPSA) is 104 Å². The number of benzene rings is 3. The number of unbranched alkanes of at least 4 members (excludes halogenated alkanes) is 6. The normalized spacial score (nSPS) is 10.6. The lowest BCUT2D eigenvalue weighted by Gasteiger charge is -2.22. The van der Waals surface area contributed by atoms with Gasteiger partial charge in [-0.15, -0.1) is 0 Å². The van der Waals surface area contributed by atoms with Crippen molar-refractivity contribution in [3.05, 3.63) is 107 Å².